The third-order valence-corrected chi connectivity index (χ3v) is 4.23. The Bertz CT molecular complexity index is 627. The molecule has 0 unspecified atom stereocenters. The van der Waals surface area contributed by atoms with E-state index in [4.69, 9.17) is 22.1 Å². The van der Waals surface area contributed by atoms with E-state index in [0.717, 1.165) is 5.56 Å². The Hall–Kier alpha value is -1.86. The van der Waals surface area contributed by atoms with Crippen molar-refractivity contribution in [1.82, 2.24) is 4.90 Å². The Morgan fingerprint density at radius 1 is 1.48 bits per heavy atom. The fourth-order valence-electron chi connectivity index (χ4n) is 1.83. The molecule has 110 valence electrons. The number of methoxy groups -OCH3 is 1. The molecule has 21 heavy (non-hydrogen) atoms. The lowest BCUT2D eigenvalue weighted by Gasteiger charge is -2.12. The van der Waals surface area contributed by atoms with Crippen LogP contribution in [0, 0.1) is 0 Å². The summed E-state index contributed by atoms with van der Waals surface area (Å²) in [6, 6.07) is 7.33. The van der Waals surface area contributed by atoms with Gasteiger partial charge in [-0.15, -0.1) is 0 Å². The van der Waals surface area contributed by atoms with Crippen LogP contribution in [0.2, 0.25) is 0 Å². The number of nitrogens with zero attached hydrogens (tertiary/aromatic N) is 1. The molecular formula is C14H13NO4S2. The van der Waals surface area contributed by atoms with Crippen molar-refractivity contribution in [2.24, 2.45) is 0 Å². The lowest BCUT2D eigenvalue weighted by Crippen LogP contribution is -2.30. The van der Waals surface area contributed by atoms with Gasteiger partial charge in [0.15, 0.2) is 0 Å². The first-order chi connectivity index (χ1) is 10.0. The van der Waals surface area contributed by atoms with Crippen molar-refractivity contribution < 1.29 is 19.4 Å². The minimum absolute atomic E-state index is 0.0866. The summed E-state index contributed by atoms with van der Waals surface area (Å²) in [5, 5.41) is 8.70. The Morgan fingerprint density at radius 3 is 2.86 bits per heavy atom. The molecule has 1 fully saturated rings. The number of carboxylic acid groups (broad SMARTS) is 1. The fourth-order valence-corrected chi connectivity index (χ4v) is 3.13. The van der Waals surface area contributed by atoms with E-state index in [2.05, 4.69) is 0 Å². The van der Waals surface area contributed by atoms with Crippen LogP contribution in [-0.2, 0) is 9.59 Å². The summed E-state index contributed by atoms with van der Waals surface area (Å²) in [5.74, 6) is -0.566. The van der Waals surface area contributed by atoms with Gasteiger partial charge in [0.1, 0.15) is 10.1 Å². The highest BCUT2D eigenvalue weighted by Gasteiger charge is 2.32. The quantitative estimate of drug-likeness (QED) is 0.663. The highest BCUT2D eigenvalue weighted by atomic mass is 32.2. The Balaban J connectivity index is 2.22. The number of para-hydroxylation sites is 1. The van der Waals surface area contributed by atoms with Gasteiger partial charge < -0.3 is 9.84 Å². The van der Waals surface area contributed by atoms with Crippen molar-refractivity contribution >= 4 is 46.3 Å². The average molecular weight is 323 g/mol. The van der Waals surface area contributed by atoms with Crippen molar-refractivity contribution in [2.45, 2.75) is 6.42 Å². The molecule has 1 amide bonds. The number of rotatable bonds is 5. The molecule has 0 atom stereocenters. The minimum Gasteiger partial charge on any atom is -0.496 e. The molecule has 0 radical (unpaired) electrons. The Labute approximate surface area is 131 Å². The number of benzene rings is 1. The number of thiocarbonyl (C=S) groups is 1. The monoisotopic (exact) mass is 323 g/mol. The van der Waals surface area contributed by atoms with E-state index in [1.807, 2.05) is 18.2 Å². The molecule has 1 N–H and O–H groups in total. The van der Waals surface area contributed by atoms with E-state index in [9.17, 15) is 9.59 Å². The van der Waals surface area contributed by atoms with Gasteiger partial charge in [-0.2, -0.15) is 0 Å². The van der Waals surface area contributed by atoms with Crippen LogP contribution in [0.3, 0.4) is 0 Å². The number of aliphatic carboxylic acids is 1. The van der Waals surface area contributed by atoms with Crippen LogP contribution in [-0.4, -0.2) is 39.9 Å². The van der Waals surface area contributed by atoms with Crippen LogP contribution in [0.4, 0.5) is 0 Å². The average Bonchev–Trinajstić information content (AvgIpc) is 2.72. The van der Waals surface area contributed by atoms with Gasteiger partial charge in [-0.05, 0) is 12.1 Å². The van der Waals surface area contributed by atoms with Crippen molar-refractivity contribution in [3.05, 3.63) is 34.7 Å². The normalized spacial score (nSPS) is 16.6. The molecular weight excluding hydrogens is 310 g/mol. The largest absolute Gasteiger partial charge is 0.496 e. The SMILES string of the molecule is COc1ccccc1C=C1SC(=S)N(CCC(=O)O)C1=O. The lowest BCUT2D eigenvalue weighted by molar-refractivity contribution is -0.137. The summed E-state index contributed by atoms with van der Waals surface area (Å²) in [6.45, 7) is 0.0866. The first-order valence-corrected chi connectivity index (χ1v) is 7.35. The number of hydrogen-bond donors (Lipinski definition) is 1. The second kappa shape index (κ2) is 6.73. The second-order valence-electron chi connectivity index (χ2n) is 4.22. The van der Waals surface area contributed by atoms with E-state index < -0.39 is 5.97 Å². The van der Waals surface area contributed by atoms with Crippen LogP contribution >= 0.6 is 24.0 Å². The molecule has 1 aliphatic rings. The summed E-state index contributed by atoms with van der Waals surface area (Å²) in [5.41, 5.74) is 0.777. The fraction of sp³-hybridized carbons (Fsp3) is 0.214. The number of hydrogen-bond acceptors (Lipinski definition) is 5. The third-order valence-electron chi connectivity index (χ3n) is 2.85. The van der Waals surface area contributed by atoms with E-state index >= 15 is 0 Å². The predicted molar refractivity (Wildman–Crippen MR) is 85.1 cm³/mol. The molecule has 0 saturated carbocycles. The number of carbonyl (C=O) groups is 2. The lowest BCUT2D eigenvalue weighted by atomic mass is 10.2. The summed E-state index contributed by atoms with van der Waals surface area (Å²) < 4.78 is 5.61. The topological polar surface area (TPSA) is 66.8 Å². The third kappa shape index (κ3) is 3.62. The van der Waals surface area contributed by atoms with Gasteiger partial charge in [0.2, 0.25) is 0 Å². The van der Waals surface area contributed by atoms with Crippen molar-refractivity contribution in [3.63, 3.8) is 0 Å². The predicted octanol–water partition coefficient (Wildman–Crippen LogP) is 2.37. The summed E-state index contributed by atoms with van der Waals surface area (Å²) in [7, 11) is 1.56. The number of carbonyl (C=O) groups excluding carboxylic acids is 1. The number of carboxylic acids is 1. The molecule has 7 heteroatoms. The summed E-state index contributed by atoms with van der Waals surface area (Å²) in [6.07, 6.45) is 1.58. The smallest absolute Gasteiger partial charge is 0.305 e. The van der Waals surface area contributed by atoms with E-state index in [0.29, 0.717) is 15.0 Å². The molecule has 5 nitrogen and oxygen atoms in total. The maximum absolute atomic E-state index is 12.2. The summed E-state index contributed by atoms with van der Waals surface area (Å²) in [4.78, 5) is 24.6. The van der Waals surface area contributed by atoms with E-state index in [1.54, 1.807) is 19.3 Å². The van der Waals surface area contributed by atoms with Gasteiger partial charge in [0.25, 0.3) is 5.91 Å². The van der Waals surface area contributed by atoms with Gasteiger partial charge in [0, 0.05) is 12.1 Å². The molecule has 1 heterocycles. The Kier molecular flexibility index (Phi) is 4.98. The first kappa shape index (κ1) is 15.5. The van der Waals surface area contributed by atoms with Crippen molar-refractivity contribution in [3.8, 4) is 5.75 Å². The molecule has 0 bridgehead atoms. The minimum atomic E-state index is -0.960. The standard InChI is InChI=1S/C14H13NO4S2/c1-19-10-5-3-2-4-9(10)8-11-13(18)15(14(20)21-11)7-6-12(16)17/h2-5,8H,6-7H2,1H3,(H,16,17). The molecule has 0 spiro atoms. The van der Waals surface area contributed by atoms with E-state index in [1.165, 1.54) is 16.7 Å². The van der Waals surface area contributed by atoms with Crippen LogP contribution in [0.25, 0.3) is 6.08 Å². The second-order valence-corrected chi connectivity index (χ2v) is 5.89. The number of thioether (sulfide) groups is 1. The van der Waals surface area contributed by atoms with Crippen molar-refractivity contribution in [2.75, 3.05) is 13.7 Å². The zero-order chi connectivity index (χ0) is 15.4. The molecule has 1 aromatic carbocycles. The van der Waals surface area contributed by atoms with Crippen LogP contribution in [0.15, 0.2) is 29.2 Å². The van der Waals surface area contributed by atoms with Crippen LogP contribution in [0.5, 0.6) is 5.75 Å². The number of amides is 1. The highest BCUT2D eigenvalue weighted by Crippen LogP contribution is 2.34. The molecule has 0 aromatic heterocycles. The van der Waals surface area contributed by atoms with Crippen LogP contribution < -0.4 is 4.74 Å². The molecule has 1 aliphatic heterocycles. The zero-order valence-electron chi connectivity index (χ0n) is 11.2. The molecule has 1 aromatic rings. The van der Waals surface area contributed by atoms with Crippen molar-refractivity contribution in [1.29, 1.82) is 0 Å². The first-order valence-electron chi connectivity index (χ1n) is 6.13. The van der Waals surface area contributed by atoms with Gasteiger partial charge in [0.05, 0.1) is 18.4 Å². The maximum Gasteiger partial charge on any atom is 0.305 e. The van der Waals surface area contributed by atoms with Gasteiger partial charge >= 0.3 is 5.97 Å². The molecule has 1 saturated heterocycles. The Morgan fingerprint density at radius 2 is 2.19 bits per heavy atom. The van der Waals surface area contributed by atoms with E-state index in [-0.39, 0.29) is 18.9 Å². The molecule has 0 aliphatic carbocycles. The van der Waals surface area contributed by atoms with Gasteiger partial charge in [-0.1, -0.05) is 42.2 Å². The molecule has 2 rings (SSSR count). The van der Waals surface area contributed by atoms with Gasteiger partial charge in [-0.25, -0.2) is 0 Å². The zero-order valence-corrected chi connectivity index (χ0v) is 12.9. The van der Waals surface area contributed by atoms with Gasteiger partial charge in [-0.3, -0.25) is 14.5 Å². The van der Waals surface area contributed by atoms with Crippen LogP contribution in [0.1, 0.15) is 12.0 Å². The summed E-state index contributed by atoms with van der Waals surface area (Å²) >= 11 is 6.30. The maximum atomic E-state index is 12.2. The number of ether oxygens (including phenoxy) is 1. The highest BCUT2D eigenvalue weighted by molar-refractivity contribution is 8.26.